The molecule has 0 aromatic heterocycles. The van der Waals surface area contributed by atoms with Crippen molar-refractivity contribution in [3.05, 3.63) is 57.6 Å². The van der Waals surface area contributed by atoms with Crippen LogP contribution in [0.2, 0.25) is 10.0 Å². The van der Waals surface area contributed by atoms with Crippen LogP contribution >= 0.6 is 23.2 Å². The van der Waals surface area contributed by atoms with Gasteiger partial charge in [0.2, 0.25) is 0 Å². The second-order valence-corrected chi connectivity index (χ2v) is 6.23. The molecule has 128 valence electrons. The Labute approximate surface area is 154 Å². The van der Waals surface area contributed by atoms with Gasteiger partial charge in [0.1, 0.15) is 0 Å². The quantitative estimate of drug-likeness (QED) is 0.801. The van der Waals surface area contributed by atoms with Crippen LogP contribution in [0.25, 0.3) is 6.08 Å². The number of phenolic OH excluding ortho intramolecular Hbond substituents is 1. The van der Waals surface area contributed by atoms with Crippen molar-refractivity contribution in [2.75, 3.05) is 12.1 Å². The average Bonchev–Trinajstić information content (AvgIpc) is 2.86. The van der Waals surface area contributed by atoms with Gasteiger partial charge in [-0.1, -0.05) is 23.2 Å². The molecule has 7 heteroatoms. The number of anilines is 1. The third-order valence-corrected chi connectivity index (χ3v) is 4.26. The van der Waals surface area contributed by atoms with Gasteiger partial charge >= 0.3 is 0 Å². The van der Waals surface area contributed by atoms with Crippen molar-refractivity contribution in [3.8, 4) is 11.5 Å². The van der Waals surface area contributed by atoms with E-state index in [-0.39, 0.29) is 22.4 Å². The second-order valence-electron chi connectivity index (χ2n) is 5.39. The molecule has 1 heterocycles. The van der Waals surface area contributed by atoms with Gasteiger partial charge in [-0.25, -0.2) is 0 Å². The van der Waals surface area contributed by atoms with Crippen LogP contribution in [0.3, 0.4) is 0 Å². The fourth-order valence-electron chi connectivity index (χ4n) is 2.44. The van der Waals surface area contributed by atoms with Gasteiger partial charge in [0.05, 0.1) is 29.1 Å². The first kappa shape index (κ1) is 17.3. The highest BCUT2D eigenvalue weighted by molar-refractivity contribution is 6.34. The third-order valence-electron chi connectivity index (χ3n) is 3.72. The van der Waals surface area contributed by atoms with Crippen molar-refractivity contribution in [2.45, 2.75) is 6.92 Å². The van der Waals surface area contributed by atoms with Crippen molar-refractivity contribution in [1.29, 1.82) is 0 Å². The molecule has 5 nitrogen and oxygen atoms in total. The Morgan fingerprint density at radius 2 is 1.88 bits per heavy atom. The van der Waals surface area contributed by atoms with E-state index in [0.29, 0.717) is 27.6 Å². The van der Waals surface area contributed by atoms with E-state index in [4.69, 9.17) is 27.9 Å². The van der Waals surface area contributed by atoms with Crippen LogP contribution < -0.4 is 9.75 Å². The normalized spacial score (nSPS) is 15.7. The van der Waals surface area contributed by atoms with E-state index in [2.05, 4.69) is 5.10 Å². The maximum Gasteiger partial charge on any atom is 0.280 e. The number of phenols is 1. The first-order valence-electron chi connectivity index (χ1n) is 7.34. The Kier molecular flexibility index (Phi) is 4.70. The number of hydrogen-bond donors (Lipinski definition) is 1. The van der Waals surface area contributed by atoms with Gasteiger partial charge in [-0.2, -0.15) is 10.1 Å². The van der Waals surface area contributed by atoms with E-state index in [0.717, 1.165) is 0 Å². The maximum absolute atomic E-state index is 12.7. The molecule has 2 aromatic carbocycles. The van der Waals surface area contributed by atoms with Gasteiger partial charge in [-0.3, -0.25) is 4.79 Å². The summed E-state index contributed by atoms with van der Waals surface area (Å²) in [5.74, 6) is -0.172. The van der Waals surface area contributed by atoms with Crippen LogP contribution in [-0.4, -0.2) is 23.8 Å². The molecule has 0 atom stereocenters. The van der Waals surface area contributed by atoms with Crippen LogP contribution in [-0.2, 0) is 4.79 Å². The number of halogens is 2. The van der Waals surface area contributed by atoms with Crippen LogP contribution in [0.15, 0.2) is 47.1 Å². The fraction of sp³-hybridized carbons (Fsp3) is 0.111. The van der Waals surface area contributed by atoms with Crippen molar-refractivity contribution < 1.29 is 14.6 Å². The Hall–Kier alpha value is -2.50. The van der Waals surface area contributed by atoms with E-state index in [1.54, 1.807) is 49.4 Å². The van der Waals surface area contributed by atoms with Gasteiger partial charge in [-0.15, -0.1) is 0 Å². The Bertz CT molecular complexity index is 905. The average molecular weight is 377 g/mol. The predicted octanol–water partition coefficient (Wildman–Crippen LogP) is 4.51. The summed E-state index contributed by atoms with van der Waals surface area (Å²) < 4.78 is 5.08. The zero-order chi connectivity index (χ0) is 18.1. The summed E-state index contributed by atoms with van der Waals surface area (Å²) in [6.45, 7) is 1.75. The molecule has 2 aromatic rings. The van der Waals surface area contributed by atoms with Crippen LogP contribution in [0.5, 0.6) is 11.5 Å². The highest BCUT2D eigenvalue weighted by Crippen LogP contribution is 2.36. The molecule has 3 rings (SSSR count). The lowest BCUT2D eigenvalue weighted by Crippen LogP contribution is -2.21. The van der Waals surface area contributed by atoms with Gasteiger partial charge in [0.25, 0.3) is 5.91 Å². The van der Waals surface area contributed by atoms with E-state index in [9.17, 15) is 9.90 Å². The highest BCUT2D eigenvalue weighted by Gasteiger charge is 2.28. The summed E-state index contributed by atoms with van der Waals surface area (Å²) >= 11 is 11.9. The van der Waals surface area contributed by atoms with E-state index in [1.807, 2.05) is 0 Å². The summed E-state index contributed by atoms with van der Waals surface area (Å²) in [7, 11) is 1.43. The number of hydrazone groups is 1. The number of aromatic hydroxyl groups is 1. The van der Waals surface area contributed by atoms with E-state index >= 15 is 0 Å². The van der Waals surface area contributed by atoms with Crippen molar-refractivity contribution in [1.82, 2.24) is 0 Å². The van der Waals surface area contributed by atoms with Crippen molar-refractivity contribution in [2.24, 2.45) is 5.10 Å². The number of benzene rings is 2. The summed E-state index contributed by atoms with van der Waals surface area (Å²) in [4.78, 5) is 12.7. The molecule has 0 bridgehead atoms. The topological polar surface area (TPSA) is 62.1 Å². The predicted molar refractivity (Wildman–Crippen MR) is 99.7 cm³/mol. The minimum Gasteiger partial charge on any atom is -0.503 e. The maximum atomic E-state index is 12.7. The third kappa shape index (κ3) is 3.34. The molecule has 0 saturated heterocycles. The first-order chi connectivity index (χ1) is 11.9. The fourth-order valence-corrected chi connectivity index (χ4v) is 2.79. The van der Waals surface area contributed by atoms with Gasteiger partial charge in [0.15, 0.2) is 11.5 Å². The smallest absolute Gasteiger partial charge is 0.280 e. The number of carbonyl (C=O) groups excluding carboxylic acids is 1. The number of ether oxygens (including phenoxy) is 1. The lowest BCUT2D eigenvalue weighted by atomic mass is 10.1. The SMILES string of the molecule is COc1cc(/C=C2/C(=O)N(c3ccc(Cl)cc3)N=C2C)cc(Cl)c1O. The number of hydrogen-bond acceptors (Lipinski definition) is 4. The monoisotopic (exact) mass is 376 g/mol. The Morgan fingerprint density at radius 1 is 1.20 bits per heavy atom. The number of carbonyl (C=O) groups is 1. The summed E-state index contributed by atoms with van der Waals surface area (Å²) in [5, 5.41) is 16.2. The molecule has 0 aliphatic carbocycles. The summed E-state index contributed by atoms with van der Waals surface area (Å²) in [6.07, 6.45) is 1.66. The summed E-state index contributed by atoms with van der Waals surface area (Å²) in [5.41, 5.74) is 2.25. The zero-order valence-corrected chi connectivity index (χ0v) is 15.0. The molecule has 1 N–H and O–H groups in total. The molecule has 0 radical (unpaired) electrons. The molecular formula is C18H14Cl2N2O3. The molecule has 25 heavy (non-hydrogen) atoms. The standard InChI is InChI=1S/C18H14Cl2N2O3/c1-10-14(7-11-8-15(20)17(23)16(9-11)25-2)18(24)22(21-10)13-5-3-12(19)4-6-13/h3-9,23H,1-2H3/b14-7+. The van der Waals surface area contributed by atoms with Crippen LogP contribution in [0, 0.1) is 0 Å². The highest BCUT2D eigenvalue weighted by atomic mass is 35.5. The summed E-state index contributed by atoms with van der Waals surface area (Å²) in [6, 6.07) is 9.99. The first-order valence-corrected chi connectivity index (χ1v) is 8.10. The molecule has 0 spiro atoms. The number of rotatable bonds is 3. The lowest BCUT2D eigenvalue weighted by Gasteiger charge is -2.11. The van der Waals surface area contributed by atoms with Gasteiger partial charge in [0, 0.05) is 5.02 Å². The molecule has 1 aliphatic heterocycles. The van der Waals surface area contributed by atoms with E-state index < -0.39 is 0 Å². The number of nitrogens with zero attached hydrogens (tertiary/aromatic N) is 2. The molecular weight excluding hydrogens is 363 g/mol. The minimum absolute atomic E-state index is 0.140. The van der Waals surface area contributed by atoms with Crippen molar-refractivity contribution >= 4 is 46.6 Å². The zero-order valence-electron chi connectivity index (χ0n) is 13.5. The number of amides is 1. The van der Waals surface area contributed by atoms with Crippen molar-refractivity contribution in [3.63, 3.8) is 0 Å². The second kappa shape index (κ2) is 6.78. The molecule has 0 unspecified atom stereocenters. The molecule has 0 saturated carbocycles. The Morgan fingerprint density at radius 3 is 2.52 bits per heavy atom. The minimum atomic E-state index is -0.261. The largest absolute Gasteiger partial charge is 0.503 e. The number of methoxy groups -OCH3 is 1. The molecule has 1 amide bonds. The Balaban J connectivity index is 1.97. The van der Waals surface area contributed by atoms with Gasteiger partial charge < -0.3 is 9.84 Å². The molecule has 1 aliphatic rings. The molecule has 0 fully saturated rings. The van der Waals surface area contributed by atoms with Crippen LogP contribution in [0.4, 0.5) is 5.69 Å². The van der Waals surface area contributed by atoms with E-state index in [1.165, 1.54) is 12.1 Å². The van der Waals surface area contributed by atoms with Crippen LogP contribution in [0.1, 0.15) is 12.5 Å². The lowest BCUT2D eigenvalue weighted by molar-refractivity contribution is -0.114. The van der Waals surface area contributed by atoms with Gasteiger partial charge in [-0.05, 0) is 55.0 Å².